The van der Waals surface area contributed by atoms with Crippen LogP contribution in [0.3, 0.4) is 0 Å². The van der Waals surface area contributed by atoms with Crippen molar-refractivity contribution in [3.8, 4) is 5.75 Å². The molecule has 0 saturated carbocycles. The van der Waals surface area contributed by atoms with E-state index in [1.54, 1.807) is 5.32 Å². The minimum atomic E-state index is -3.58. The molecule has 1 aromatic rings. The molecule has 2 N–H and O–H groups in total. The monoisotopic (exact) mass is 263 g/mol. The Morgan fingerprint density at radius 3 is 2.76 bits per heavy atom. The number of carbonyl (C=O) groups is 1. The van der Waals surface area contributed by atoms with Crippen molar-refractivity contribution in [2.75, 3.05) is 7.11 Å². The summed E-state index contributed by atoms with van der Waals surface area (Å²) in [6.07, 6.45) is -2.26. The fourth-order valence-corrected chi connectivity index (χ4v) is 1.98. The molecule has 0 saturated heterocycles. The maximum Gasteiger partial charge on any atom is 0.317 e. The van der Waals surface area contributed by atoms with Gasteiger partial charge in [0, 0.05) is 5.56 Å². The maximum absolute atomic E-state index is 13.6. The second-order valence-corrected chi connectivity index (χ2v) is 3.88. The van der Waals surface area contributed by atoms with Crippen molar-refractivity contribution < 1.29 is 23.4 Å². The molecule has 7 heteroatoms. The average molecular weight is 264 g/mol. The highest BCUT2D eigenvalue weighted by molar-refractivity contribution is 6.35. The van der Waals surface area contributed by atoms with Crippen LogP contribution in [0.4, 0.5) is 8.78 Å². The summed E-state index contributed by atoms with van der Waals surface area (Å²) in [5, 5.41) is 10.7. The smallest absolute Gasteiger partial charge is 0.317 e. The van der Waals surface area contributed by atoms with E-state index in [1.807, 2.05) is 0 Å². The fraction of sp³-hybridized carbons (Fsp3) is 0.300. The maximum atomic E-state index is 13.6. The summed E-state index contributed by atoms with van der Waals surface area (Å²) in [5.41, 5.74) is -0.985. The van der Waals surface area contributed by atoms with Crippen molar-refractivity contribution in [2.45, 2.75) is 12.2 Å². The number of halogens is 3. The Bertz CT molecular complexity index is 493. The van der Waals surface area contributed by atoms with Crippen LogP contribution in [0.15, 0.2) is 12.1 Å². The van der Waals surface area contributed by atoms with Gasteiger partial charge in [-0.05, 0) is 12.1 Å². The molecular formula is C10H8ClF2NO3. The number of ether oxygens (including phenoxy) is 1. The Balaban J connectivity index is 2.70. The lowest BCUT2D eigenvalue weighted by atomic mass is 9.95. The first-order chi connectivity index (χ1) is 7.89. The summed E-state index contributed by atoms with van der Waals surface area (Å²) in [4.78, 5) is 11.5. The molecule has 4 nitrogen and oxygen atoms in total. The fourth-order valence-electron chi connectivity index (χ4n) is 1.65. The number of methoxy groups -OCH3 is 1. The van der Waals surface area contributed by atoms with Gasteiger partial charge in [-0.25, -0.2) is 0 Å². The minimum absolute atomic E-state index is 0.118. The number of aliphatic hydroxyl groups excluding tert-OH is 1. The Labute approximate surface area is 100 Å². The van der Waals surface area contributed by atoms with E-state index in [1.165, 1.54) is 13.2 Å². The van der Waals surface area contributed by atoms with Gasteiger partial charge in [0.25, 0.3) is 5.91 Å². The van der Waals surface area contributed by atoms with Crippen molar-refractivity contribution >= 4 is 17.5 Å². The third-order valence-corrected chi connectivity index (χ3v) is 2.90. The third-order valence-electron chi connectivity index (χ3n) is 2.52. The number of hydrogen-bond acceptors (Lipinski definition) is 3. The largest absolute Gasteiger partial charge is 0.495 e. The van der Waals surface area contributed by atoms with Crippen LogP contribution in [0.1, 0.15) is 15.9 Å². The van der Waals surface area contributed by atoms with Gasteiger partial charge in [-0.3, -0.25) is 4.79 Å². The van der Waals surface area contributed by atoms with E-state index < -0.39 is 23.6 Å². The zero-order valence-corrected chi connectivity index (χ0v) is 9.39. The van der Waals surface area contributed by atoms with Gasteiger partial charge in [0.15, 0.2) is 6.23 Å². The van der Waals surface area contributed by atoms with Gasteiger partial charge in [-0.2, -0.15) is 8.78 Å². The van der Waals surface area contributed by atoms with Crippen LogP contribution in [0.2, 0.25) is 5.02 Å². The van der Waals surface area contributed by atoms with E-state index in [0.717, 1.165) is 6.07 Å². The Morgan fingerprint density at radius 1 is 1.53 bits per heavy atom. The van der Waals surface area contributed by atoms with Crippen LogP contribution in [0.25, 0.3) is 0 Å². The first-order valence-electron chi connectivity index (χ1n) is 4.63. The van der Waals surface area contributed by atoms with Gasteiger partial charge in [-0.15, -0.1) is 0 Å². The van der Waals surface area contributed by atoms with Crippen molar-refractivity contribution in [3.63, 3.8) is 0 Å². The second kappa shape index (κ2) is 3.82. The summed E-state index contributed by atoms with van der Waals surface area (Å²) >= 11 is 5.80. The zero-order chi connectivity index (χ0) is 12.8. The van der Waals surface area contributed by atoms with E-state index in [0.29, 0.717) is 0 Å². The van der Waals surface area contributed by atoms with Crippen LogP contribution in [0.5, 0.6) is 5.75 Å². The number of benzene rings is 1. The van der Waals surface area contributed by atoms with Crippen LogP contribution >= 0.6 is 11.6 Å². The first kappa shape index (κ1) is 12.1. The molecule has 1 heterocycles. The molecule has 1 aliphatic rings. The number of amides is 1. The zero-order valence-electron chi connectivity index (χ0n) is 8.63. The lowest BCUT2D eigenvalue weighted by Crippen LogP contribution is -2.51. The van der Waals surface area contributed by atoms with Crippen LogP contribution in [-0.4, -0.2) is 24.4 Å². The van der Waals surface area contributed by atoms with Gasteiger partial charge in [-0.1, -0.05) is 11.6 Å². The molecule has 1 amide bonds. The van der Waals surface area contributed by atoms with Gasteiger partial charge < -0.3 is 15.2 Å². The molecule has 1 aromatic carbocycles. The van der Waals surface area contributed by atoms with Crippen molar-refractivity contribution in [2.24, 2.45) is 0 Å². The number of aliphatic hydroxyl groups is 1. The highest BCUT2D eigenvalue weighted by Gasteiger charge is 2.49. The molecule has 0 spiro atoms. The van der Waals surface area contributed by atoms with Crippen molar-refractivity contribution in [1.82, 2.24) is 5.32 Å². The molecule has 2 rings (SSSR count). The number of carbonyl (C=O) groups excluding carboxylic acids is 1. The van der Waals surface area contributed by atoms with E-state index in [-0.39, 0.29) is 16.3 Å². The predicted octanol–water partition coefficient (Wildman–Crippen LogP) is 1.50. The number of fused-ring (bicyclic) bond motifs is 1. The highest BCUT2D eigenvalue weighted by Crippen LogP contribution is 2.42. The Morgan fingerprint density at radius 2 is 2.18 bits per heavy atom. The first-order valence-corrected chi connectivity index (χ1v) is 5.01. The third kappa shape index (κ3) is 1.64. The second-order valence-electron chi connectivity index (χ2n) is 3.50. The molecule has 1 aliphatic heterocycles. The van der Waals surface area contributed by atoms with Crippen LogP contribution < -0.4 is 10.1 Å². The van der Waals surface area contributed by atoms with Gasteiger partial charge in [0.05, 0.1) is 17.7 Å². The summed E-state index contributed by atoms with van der Waals surface area (Å²) in [7, 11) is 1.31. The summed E-state index contributed by atoms with van der Waals surface area (Å²) in [6.45, 7) is 0. The average Bonchev–Trinajstić information content (AvgIpc) is 2.26. The molecule has 0 aromatic heterocycles. The molecule has 1 atom stereocenters. The SMILES string of the molecule is COc1ccc2c(c1Cl)C(=O)N[C@@H](O)C2(F)F. The predicted molar refractivity (Wildman–Crippen MR) is 55.4 cm³/mol. The van der Waals surface area contributed by atoms with E-state index in [2.05, 4.69) is 0 Å². The lowest BCUT2D eigenvalue weighted by molar-refractivity contribution is -0.128. The van der Waals surface area contributed by atoms with Gasteiger partial charge in [0.2, 0.25) is 0 Å². The van der Waals surface area contributed by atoms with Crippen molar-refractivity contribution in [3.05, 3.63) is 28.3 Å². The number of nitrogens with one attached hydrogen (secondary N) is 1. The molecule has 0 aliphatic carbocycles. The lowest BCUT2D eigenvalue weighted by Gasteiger charge is -2.30. The van der Waals surface area contributed by atoms with E-state index in [4.69, 9.17) is 21.4 Å². The minimum Gasteiger partial charge on any atom is -0.495 e. The molecular weight excluding hydrogens is 256 g/mol. The van der Waals surface area contributed by atoms with Crippen molar-refractivity contribution in [1.29, 1.82) is 0 Å². The number of alkyl halides is 2. The molecule has 0 radical (unpaired) electrons. The molecule has 17 heavy (non-hydrogen) atoms. The number of rotatable bonds is 1. The quantitative estimate of drug-likeness (QED) is 0.807. The molecule has 0 fully saturated rings. The topological polar surface area (TPSA) is 58.6 Å². The van der Waals surface area contributed by atoms with Crippen LogP contribution in [0, 0.1) is 0 Å². The summed E-state index contributed by atoms with van der Waals surface area (Å²) < 4.78 is 32.1. The molecule has 0 bridgehead atoms. The number of hydrogen-bond donors (Lipinski definition) is 2. The Kier molecular flexibility index (Phi) is 2.71. The van der Waals surface area contributed by atoms with E-state index in [9.17, 15) is 13.6 Å². The normalized spacial score (nSPS) is 21.7. The van der Waals surface area contributed by atoms with Crippen LogP contribution in [-0.2, 0) is 5.92 Å². The summed E-state index contributed by atoms with van der Waals surface area (Å²) in [5.74, 6) is -4.32. The van der Waals surface area contributed by atoms with E-state index >= 15 is 0 Å². The Hall–Kier alpha value is -1.40. The standard InChI is InChI=1S/C10H8ClF2NO3/c1-17-5-3-2-4-6(7(5)11)8(15)14-9(16)10(4,12)13/h2-3,9,16H,1H3,(H,14,15)/t9-/m0/s1. The van der Waals surface area contributed by atoms with Gasteiger partial charge in [0.1, 0.15) is 5.75 Å². The van der Waals surface area contributed by atoms with Gasteiger partial charge >= 0.3 is 5.92 Å². The highest BCUT2D eigenvalue weighted by atomic mass is 35.5. The molecule has 0 unspecified atom stereocenters. The molecule has 92 valence electrons. The summed E-state index contributed by atoms with van der Waals surface area (Å²) in [6, 6.07) is 2.24.